The zero-order valence-corrected chi connectivity index (χ0v) is 18.6. The van der Waals surface area contributed by atoms with Crippen molar-refractivity contribution in [3.05, 3.63) is 83.8 Å². The maximum atomic E-state index is 13.2. The molecule has 10 heteroatoms. The number of carbonyl (C=O) groups is 1. The zero-order chi connectivity index (χ0) is 24.4. The first-order chi connectivity index (χ1) is 17.0. The lowest BCUT2D eigenvalue weighted by Gasteiger charge is -2.16. The molecule has 0 spiro atoms. The van der Waals surface area contributed by atoms with Crippen molar-refractivity contribution >= 4 is 22.8 Å². The molecule has 4 N–H and O–H groups in total. The molecule has 2 aromatic carbocycles. The normalized spacial score (nSPS) is 11.7. The van der Waals surface area contributed by atoms with Crippen molar-refractivity contribution in [3.63, 3.8) is 0 Å². The van der Waals surface area contributed by atoms with Gasteiger partial charge in [0, 0.05) is 11.1 Å². The number of anilines is 1. The van der Waals surface area contributed by atoms with Crippen molar-refractivity contribution in [2.24, 2.45) is 0 Å². The SMILES string of the molecule is CC(NC(=O)c1nc(-c2ccc3nn[nH]c3c2)c(-c2ccccc2)nc1N)c1cccc(C#N)n1. The summed E-state index contributed by atoms with van der Waals surface area (Å²) in [5.41, 5.74) is 11.0. The molecule has 0 aliphatic heterocycles. The minimum atomic E-state index is -0.503. The van der Waals surface area contributed by atoms with E-state index in [0.29, 0.717) is 22.6 Å². The highest BCUT2D eigenvalue weighted by Gasteiger charge is 2.22. The number of benzene rings is 2. The fraction of sp³-hybridized carbons (Fsp3) is 0.0800. The van der Waals surface area contributed by atoms with Crippen LogP contribution in [0.5, 0.6) is 0 Å². The molecule has 1 unspecified atom stereocenters. The smallest absolute Gasteiger partial charge is 0.274 e. The fourth-order valence-corrected chi connectivity index (χ4v) is 3.70. The molecule has 3 aromatic heterocycles. The molecule has 0 aliphatic rings. The van der Waals surface area contributed by atoms with Crippen molar-refractivity contribution in [1.29, 1.82) is 5.26 Å². The lowest BCUT2D eigenvalue weighted by atomic mass is 10.0. The average molecular weight is 461 g/mol. The summed E-state index contributed by atoms with van der Waals surface area (Å²) in [6.07, 6.45) is 0. The van der Waals surface area contributed by atoms with Crippen molar-refractivity contribution in [1.82, 2.24) is 35.7 Å². The number of hydrogen-bond donors (Lipinski definition) is 3. The second-order valence-corrected chi connectivity index (χ2v) is 7.82. The number of carbonyl (C=O) groups excluding carboxylic acids is 1. The molecule has 1 atom stereocenters. The first kappa shape index (κ1) is 21.7. The van der Waals surface area contributed by atoms with E-state index in [9.17, 15) is 4.79 Å². The monoisotopic (exact) mass is 461 g/mol. The molecule has 0 saturated carbocycles. The third kappa shape index (κ3) is 4.26. The number of hydrogen-bond acceptors (Lipinski definition) is 8. The summed E-state index contributed by atoms with van der Waals surface area (Å²) in [5, 5.41) is 22.6. The average Bonchev–Trinajstić information content (AvgIpc) is 3.37. The van der Waals surface area contributed by atoms with Gasteiger partial charge in [-0.3, -0.25) is 9.89 Å². The third-order valence-electron chi connectivity index (χ3n) is 5.46. The van der Waals surface area contributed by atoms with E-state index in [1.807, 2.05) is 54.6 Å². The van der Waals surface area contributed by atoms with Gasteiger partial charge in [-0.2, -0.15) is 5.26 Å². The standard InChI is InChI=1S/C25H19N9O/c1-14(18-9-5-8-17(13-26)29-18)28-25(35)23-24(27)31-21(15-6-3-2-4-7-15)22(30-23)16-10-11-19-20(12-16)33-34-32-19/h2-12,14H,1H3,(H2,27,31)(H,28,35)(H,32,33,34). The van der Waals surface area contributed by atoms with Crippen molar-refractivity contribution in [2.45, 2.75) is 13.0 Å². The van der Waals surface area contributed by atoms with E-state index in [1.165, 1.54) is 0 Å². The highest BCUT2D eigenvalue weighted by Crippen LogP contribution is 2.32. The van der Waals surface area contributed by atoms with Gasteiger partial charge in [0.05, 0.1) is 28.6 Å². The number of nitrogens with one attached hydrogen (secondary N) is 2. The molecule has 3 heterocycles. The Morgan fingerprint density at radius 2 is 1.80 bits per heavy atom. The molecule has 10 nitrogen and oxygen atoms in total. The van der Waals surface area contributed by atoms with Crippen LogP contribution in [-0.2, 0) is 0 Å². The van der Waals surface area contributed by atoms with Crippen LogP contribution in [0.2, 0.25) is 0 Å². The number of amides is 1. The summed E-state index contributed by atoms with van der Waals surface area (Å²) in [4.78, 5) is 26.7. The van der Waals surface area contributed by atoms with Crippen LogP contribution in [0.4, 0.5) is 5.82 Å². The Hall–Kier alpha value is -5.17. The lowest BCUT2D eigenvalue weighted by Crippen LogP contribution is -2.29. The number of aromatic nitrogens is 6. The van der Waals surface area contributed by atoms with Gasteiger partial charge in [0.1, 0.15) is 17.3 Å². The van der Waals surface area contributed by atoms with Gasteiger partial charge in [0.25, 0.3) is 5.91 Å². The van der Waals surface area contributed by atoms with Crippen LogP contribution in [0.25, 0.3) is 33.5 Å². The van der Waals surface area contributed by atoms with Crippen LogP contribution in [0.1, 0.15) is 34.8 Å². The maximum absolute atomic E-state index is 13.2. The molecular weight excluding hydrogens is 442 g/mol. The second kappa shape index (κ2) is 8.99. The number of nitrogens with zero attached hydrogens (tertiary/aromatic N) is 6. The highest BCUT2D eigenvalue weighted by molar-refractivity contribution is 5.98. The highest BCUT2D eigenvalue weighted by atomic mass is 16.2. The summed E-state index contributed by atoms with van der Waals surface area (Å²) < 4.78 is 0. The quantitative estimate of drug-likeness (QED) is 0.359. The van der Waals surface area contributed by atoms with Crippen molar-refractivity contribution in [2.75, 3.05) is 5.73 Å². The van der Waals surface area contributed by atoms with Gasteiger partial charge in [-0.1, -0.05) is 47.7 Å². The van der Waals surface area contributed by atoms with Gasteiger partial charge >= 0.3 is 0 Å². The van der Waals surface area contributed by atoms with Gasteiger partial charge in [-0.05, 0) is 31.2 Å². The number of H-pyrrole nitrogens is 1. The number of nitrogen functional groups attached to an aromatic ring is 1. The lowest BCUT2D eigenvalue weighted by molar-refractivity contribution is 0.0935. The van der Waals surface area contributed by atoms with Crippen LogP contribution in [-0.4, -0.2) is 36.3 Å². The minimum absolute atomic E-state index is 0.000299. The first-order valence-electron chi connectivity index (χ1n) is 10.8. The van der Waals surface area contributed by atoms with E-state index in [4.69, 9.17) is 11.0 Å². The molecule has 1 amide bonds. The van der Waals surface area contributed by atoms with E-state index in [-0.39, 0.29) is 17.2 Å². The molecule has 35 heavy (non-hydrogen) atoms. The van der Waals surface area contributed by atoms with Crippen molar-refractivity contribution in [3.8, 4) is 28.6 Å². The van der Waals surface area contributed by atoms with E-state index >= 15 is 0 Å². The Bertz CT molecular complexity index is 1590. The Morgan fingerprint density at radius 1 is 1.00 bits per heavy atom. The molecule has 0 fully saturated rings. The Labute approximate surface area is 199 Å². The Balaban J connectivity index is 1.57. The van der Waals surface area contributed by atoms with Crippen LogP contribution >= 0.6 is 0 Å². The maximum Gasteiger partial charge on any atom is 0.274 e. The molecule has 0 radical (unpaired) electrons. The van der Waals surface area contributed by atoms with E-state index in [0.717, 1.165) is 16.6 Å². The summed E-state index contributed by atoms with van der Waals surface area (Å²) >= 11 is 0. The van der Waals surface area contributed by atoms with Gasteiger partial charge in [-0.25, -0.2) is 15.0 Å². The van der Waals surface area contributed by atoms with Gasteiger partial charge < -0.3 is 11.1 Å². The number of pyridine rings is 1. The molecule has 5 rings (SSSR count). The van der Waals surface area contributed by atoms with Gasteiger partial charge in [-0.15, -0.1) is 5.10 Å². The Kier molecular flexibility index (Phi) is 5.57. The molecule has 5 aromatic rings. The van der Waals surface area contributed by atoms with Gasteiger partial charge in [0.15, 0.2) is 11.5 Å². The van der Waals surface area contributed by atoms with Crippen LogP contribution in [0, 0.1) is 11.3 Å². The number of nitriles is 1. The van der Waals surface area contributed by atoms with Crippen molar-refractivity contribution < 1.29 is 4.79 Å². The second-order valence-electron chi connectivity index (χ2n) is 7.82. The molecule has 0 saturated heterocycles. The van der Waals surface area contributed by atoms with Crippen LogP contribution < -0.4 is 11.1 Å². The summed E-state index contributed by atoms with van der Waals surface area (Å²) in [6.45, 7) is 1.77. The predicted molar refractivity (Wildman–Crippen MR) is 130 cm³/mol. The topological polar surface area (TPSA) is 159 Å². The number of rotatable bonds is 5. The summed E-state index contributed by atoms with van der Waals surface area (Å²) in [5.74, 6) is -0.503. The van der Waals surface area contributed by atoms with Crippen LogP contribution in [0.3, 0.4) is 0 Å². The van der Waals surface area contributed by atoms with Gasteiger partial charge in [0.2, 0.25) is 0 Å². The number of nitrogens with two attached hydrogens (primary N) is 1. The molecule has 0 bridgehead atoms. The van der Waals surface area contributed by atoms with Crippen LogP contribution in [0.15, 0.2) is 66.7 Å². The predicted octanol–water partition coefficient (Wildman–Crippen LogP) is 3.42. The molecule has 0 aliphatic carbocycles. The summed E-state index contributed by atoms with van der Waals surface area (Å²) in [7, 11) is 0. The molecular formula is C25H19N9O. The third-order valence-corrected chi connectivity index (χ3v) is 5.46. The number of fused-ring (bicyclic) bond motifs is 1. The number of aromatic amines is 1. The largest absolute Gasteiger partial charge is 0.382 e. The first-order valence-corrected chi connectivity index (χ1v) is 10.8. The Morgan fingerprint density at radius 3 is 2.60 bits per heavy atom. The summed E-state index contributed by atoms with van der Waals surface area (Å²) in [6, 6.07) is 21.6. The molecule has 170 valence electrons. The van der Waals surface area contributed by atoms with E-state index in [1.54, 1.807) is 25.1 Å². The minimum Gasteiger partial charge on any atom is -0.382 e. The van der Waals surface area contributed by atoms with E-state index < -0.39 is 11.9 Å². The zero-order valence-electron chi connectivity index (χ0n) is 18.6. The van der Waals surface area contributed by atoms with E-state index in [2.05, 4.69) is 35.7 Å². The fourth-order valence-electron chi connectivity index (χ4n) is 3.70.